The van der Waals surface area contributed by atoms with Gasteiger partial charge in [0, 0.05) is 18.1 Å². The van der Waals surface area contributed by atoms with Crippen LogP contribution in [0.25, 0.3) is 0 Å². The van der Waals surface area contributed by atoms with Gasteiger partial charge in [0.05, 0.1) is 21.2 Å². The molecule has 0 atom stereocenters. The summed E-state index contributed by atoms with van der Waals surface area (Å²) in [6.07, 6.45) is 4.23. The Bertz CT molecular complexity index is 922. The topological polar surface area (TPSA) is 66.5 Å². The number of carbonyl (C=O) groups excluding carboxylic acids is 1. The fraction of sp³-hybridized carbons (Fsp3) is 0.316. The lowest BCUT2D eigenvalue weighted by Crippen LogP contribution is -2.32. The van der Waals surface area contributed by atoms with E-state index in [-0.39, 0.29) is 15.8 Å². The predicted molar refractivity (Wildman–Crippen MR) is 108 cm³/mol. The zero-order valence-electron chi connectivity index (χ0n) is 14.6. The van der Waals surface area contributed by atoms with Crippen molar-refractivity contribution in [2.75, 3.05) is 17.8 Å². The molecule has 1 N–H and O–H groups in total. The van der Waals surface area contributed by atoms with Gasteiger partial charge in [0.15, 0.2) is 0 Å². The average Bonchev–Trinajstić information content (AvgIpc) is 2.91. The number of amides is 1. The highest BCUT2D eigenvalue weighted by Crippen LogP contribution is 2.25. The lowest BCUT2D eigenvalue weighted by molar-refractivity contribution is 0.0762. The van der Waals surface area contributed by atoms with Crippen molar-refractivity contribution in [2.24, 2.45) is 0 Å². The van der Waals surface area contributed by atoms with Crippen LogP contribution in [0.15, 0.2) is 47.4 Å². The predicted octanol–water partition coefficient (Wildman–Crippen LogP) is 4.81. The Morgan fingerprint density at radius 2 is 1.56 bits per heavy atom. The minimum atomic E-state index is -3.77. The van der Waals surface area contributed by atoms with E-state index >= 15 is 0 Å². The standard InChI is InChI=1S/C19H20Cl2N2O3S/c20-14-5-8-16(9-6-14)27(25,26)22-15-7-10-17(18(21)13-15)19(24)23-11-3-1-2-4-12-23/h5-10,13,22H,1-4,11-12H2. The van der Waals surface area contributed by atoms with Crippen LogP contribution >= 0.6 is 23.2 Å². The van der Waals surface area contributed by atoms with E-state index in [4.69, 9.17) is 23.2 Å². The van der Waals surface area contributed by atoms with Gasteiger partial charge in [-0.2, -0.15) is 0 Å². The molecule has 0 aliphatic carbocycles. The summed E-state index contributed by atoms with van der Waals surface area (Å²) in [6, 6.07) is 10.4. The van der Waals surface area contributed by atoms with Crippen LogP contribution in [0.4, 0.5) is 5.69 Å². The number of sulfonamides is 1. The van der Waals surface area contributed by atoms with Crippen molar-refractivity contribution in [2.45, 2.75) is 30.6 Å². The van der Waals surface area contributed by atoms with Gasteiger partial charge in [-0.15, -0.1) is 0 Å². The van der Waals surface area contributed by atoms with Crippen LogP contribution < -0.4 is 4.72 Å². The maximum atomic E-state index is 12.7. The lowest BCUT2D eigenvalue weighted by Gasteiger charge is -2.21. The Kier molecular flexibility index (Phi) is 6.29. The van der Waals surface area contributed by atoms with Crippen molar-refractivity contribution in [3.8, 4) is 0 Å². The van der Waals surface area contributed by atoms with Gasteiger partial charge < -0.3 is 4.90 Å². The van der Waals surface area contributed by atoms with E-state index in [1.165, 1.54) is 30.3 Å². The molecule has 0 saturated carbocycles. The van der Waals surface area contributed by atoms with Crippen LogP contribution in [0.2, 0.25) is 10.0 Å². The molecule has 1 amide bonds. The van der Waals surface area contributed by atoms with Gasteiger partial charge in [-0.1, -0.05) is 36.0 Å². The molecule has 8 heteroatoms. The highest BCUT2D eigenvalue weighted by molar-refractivity contribution is 7.92. The second-order valence-electron chi connectivity index (χ2n) is 6.46. The third-order valence-corrected chi connectivity index (χ3v) is 6.43. The number of likely N-dealkylation sites (tertiary alicyclic amines) is 1. The largest absolute Gasteiger partial charge is 0.339 e. The molecule has 1 aliphatic heterocycles. The summed E-state index contributed by atoms with van der Waals surface area (Å²) >= 11 is 12.1. The number of hydrogen-bond acceptors (Lipinski definition) is 3. The molecule has 144 valence electrons. The third kappa shape index (κ3) is 4.94. The highest BCUT2D eigenvalue weighted by atomic mass is 35.5. The lowest BCUT2D eigenvalue weighted by atomic mass is 10.1. The second-order valence-corrected chi connectivity index (χ2v) is 8.99. The van der Waals surface area contributed by atoms with E-state index in [1.807, 2.05) is 4.90 Å². The maximum absolute atomic E-state index is 12.7. The number of hydrogen-bond donors (Lipinski definition) is 1. The van der Waals surface area contributed by atoms with E-state index in [2.05, 4.69) is 4.72 Å². The Morgan fingerprint density at radius 1 is 0.926 bits per heavy atom. The van der Waals surface area contributed by atoms with Crippen molar-refractivity contribution in [1.29, 1.82) is 0 Å². The fourth-order valence-corrected chi connectivity index (χ4v) is 4.46. The van der Waals surface area contributed by atoms with Gasteiger partial charge in [0.2, 0.25) is 0 Å². The summed E-state index contributed by atoms with van der Waals surface area (Å²) in [7, 11) is -3.77. The first-order valence-electron chi connectivity index (χ1n) is 8.74. The normalized spacial score (nSPS) is 15.3. The number of anilines is 1. The van der Waals surface area contributed by atoms with Crippen molar-refractivity contribution in [3.63, 3.8) is 0 Å². The molecular formula is C19H20Cl2N2O3S. The first-order chi connectivity index (χ1) is 12.9. The maximum Gasteiger partial charge on any atom is 0.261 e. The minimum absolute atomic E-state index is 0.0905. The molecule has 2 aromatic rings. The summed E-state index contributed by atoms with van der Waals surface area (Å²) in [4.78, 5) is 14.6. The Balaban J connectivity index is 1.78. The molecular weight excluding hydrogens is 407 g/mol. The number of carbonyl (C=O) groups is 1. The Labute approximate surface area is 169 Å². The molecule has 27 heavy (non-hydrogen) atoms. The summed E-state index contributed by atoms with van der Waals surface area (Å²) in [6.45, 7) is 1.44. The summed E-state index contributed by atoms with van der Waals surface area (Å²) < 4.78 is 27.4. The summed E-state index contributed by atoms with van der Waals surface area (Å²) in [5, 5.41) is 0.675. The number of nitrogens with zero attached hydrogens (tertiary/aromatic N) is 1. The van der Waals surface area contributed by atoms with Crippen molar-refractivity contribution < 1.29 is 13.2 Å². The molecule has 1 aliphatic rings. The van der Waals surface area contributed by atoms with E-state index in [0.717, 1.165) is 38.8 Å². The van der Waals surface area contributed by atoms with E-state index in [9.17, 15) is 13.2 Å². The first-order valence-corrected chi connectivity index (χ1v) is 11.0. The molecule has 1 fully saturated rings. The fourth-order valence-electron chi connectivity index (χ4n) is 3.02. The van der Waals surface area contributed by atoms with Gasteiger partial charge in [0.1, 0.15) is 0 Å². The first kappa shape index (κ1) is 20.0. The van der Waals surface area contributed by atoms with Crippen molar-refractivity contribution in [1.82, 2.24) is 4.90 Å². The second kappa shape index (κ2) is 8.50. The average molecular weight is 427 g/mol. The zero-order chi connectivity index (χ0) is 19.4. The number of nitrogens with one attached hydrogen (secondary N) is 1. The molecule has 0 radical (unpaired) electrons. The van der Waals surface area contributed by atoms with Crippen molar-refractivity contribution >= 4 is 44.8 Å². The van der Waals surface area contributed by atoms with Gasteiger partial charge in [-0.3, -0.25) is 9.52 Å². The monoisotopic (exact) mass is 426 g/mol. The van der Waals surface area contributed by atoms with E-state index in [1.54, 1.807) is 12.1 Å². The van der Waals surface area contributed by atoms with Crippen LogP contribution in [0.1, 0.15) is 36.0 Å². The van der Waals surface area contributed by atoms with Gasteiger partial charge >= 0.3 is 0 Å². The van der Waals surface area contributed by atoms with Crippen molar-refractivity contribution in [3.05, 3.63) is 58.1 Å². The zero-order valence-corrected chi connectivity index (χ0v) is 16.9. The van der Waals surface area contributed by atoms with E-state index in [0.29, 0.717) is 16.3 Å². The smallest absolute Gasteiger partial charge is 0.261 e. The van der Waals surface area contributed by atoms with Gasteiger partial charge in [0.25, 0.3) is 15.9 Å². The SMILES string of the molecule is O=C(c1ccc(NS(=O)(=O)c2ccc(Cl)cc2)cc1Cl)N1CCCCCC1. The van der Waals surface area contributed by atoms with Crippen LogP contribution in [0.3, 0.4) is 0 Å². The minimum Gasteiger partial charge on any atom is -0.339 e. The van der Waals surface area contributed by atoms with Crippen LogP contribution in [0.5, 0.6) is 0 Å². The number of rotatable bonds is 4. The van der Waals surface area contributed by atoms with Crippen LogP contribution in [0, 0.1) is 0 Å². The third-order valence-electron chi connectivity index (χ3n) is 4.47. The molecule has 0 unspecified atom stereocenters. The summed E-state index contributed by atoms with van der Waals surface area (Å²) in [5.74, 6) is -0.117. The molecule has 0 aromatic heterocycles. The Hall–Kier alpha value is -1.76. The molecule has 1 saturated heterocycles. The molecule has 0 spiro atoms. The van der Waals surface area contributed by atoms with Gasteiger partial charge in [-0.25, -0.2) is 8.42 Å². The molecule has 0 bridgehead atoms. The van der Waals surface area contributed by atoms with E-state index < -0.39 is 10.0 Å². The number of benzene rings is 2. The Morgan fingerprint density at radius 3 is 2.15 bits per heavy atom. The summed E-state index contributed by atoms with van der Waals surface area (Å²) in [5.41, 5.74) is 0.676. The quantitative estimate of drug-likeness (QED) is 0.762. The molecule has 1 heterocycles. The molecule has 5 nitrogen and oxygen atoms in total. The highest BCUT2D eigenvalue weighted by Gasteiger charge is 2.21. The molecule has 3 rings (SSSR count). The van der Waals surface area contributed by atoms with Crippen LogP contribution in [-0.2, 0) is 10.0 Å². The molecule has 2 aromatic carbocycles. The van der Waals surface area contributed by atoms with Crippen LogP contribution in [-0.4, -0.2) is 32.3 Å². The number of halogens is 2. The van der Waals surface area contributed by atoms with Gasteiger partial charge in [-0.05, 0) is 55.3 Å².